The fourth-order valence-corrected chi connectivity index (χ4v) is 2.76. The van der Waals surface area contributed by atoms with E-state index in [9.17, 15) is 4.79 Å². The molecule has 5 heteroatoms. The second-order valence-corrected chi connectivity index (χ2v) is 5.88. The fourth-order valence-electron chi connectivity index (χ4n) is 2.76. The Hall–Kier alpha value is -0.650. The number of primary amides is 1. The first kappa shape index (κ1) is 16.4. The standard InChI is InChI=1S/C14H30N4O/c1-5-18-9-6-7-12(18)11-17(4)10-8-14(2,16-3)13(15)19/h12,16H,5-11H2,1-4H3,(H2,15,19). The Morgan fingerprint density at radius 2 is 2.26 bits per heavy atom. The summed E-state index contributed by atoms with van der Waals surface area (Å²) in [5.74, 6) is -0.278. The van der Waals surface area contributed by atoms with Crippen LogP contribution in [0.25, 0.3) is 0 Å². The summed E-state index contributed by atoms with van der Waals surface area (Å²) < 4.78 is 0. The van der Waals surface area contributed by atoms with Gasteiger partial charge in [-0.1, -0.05) is 6.92 Å². The van der Waals surface area contributed by atoms with Crippen LogP contribution in [0.2, 0.25) is 0 Å². The molecular formula is C14H30N4O. The van der Waals surface area contributed by atoms with E-state index in [-0.39, 0.29) is 5.91 Å². The van der Waals surface area contributed by atoms with E-state index in [4.69, 9.17) is 5.73 Å². The van der Waals surface area contributed by atoms with Gasteiger partial charge < -0.3 is 16.0 Å². The van der Waals surface area contributed by atoms with Crippen molar-refractivity contribution in [1.82, 2.24) is 15.1 Å². The molecule has 5 nitrogen and oxygen atoms in total. The summed E-state index contributed by atoms with van der Waals surface area (Å²) >= 11 is 0. The Bertz CT molecular complexity index is 297. The number of rotatable bonds is 8. The molecule has 0 aliphatic carbocycles. The van der Waals surface area contributed by atoms with E-state index in [2.05, 4.69) is 29.1 Å². The molecule has 2 atom stereocenters. The number of hydrogen-bond acceptors (Lipinski definition) is 4. The molecule has 112 valence electrons. The molecule has 1 heterocycles. The Morgan fingerprint density at radius 3 is 2.79 bits per heavy atom. The van der Waals surface area contributed by atoms with Crippen molar-refractivity contribution in [3.05, 3.63) is 0 Å². The van der Waals surface area contributed by atoms with Gasteiger partial charge in [0.15, 0.2) is 0 Å². The highest BCUT2D eigenvalue weighted by Crippen LogP contribution is 2.18. The lowest BCUT2D eigenvalue weighted by Crippen LogP contribution is -2.53. The zero-order valence-electron chi connectivity index (χ0n) is 12.9. The van der Waals surface area contributed by atoms with E-state index in [0.717, 1.165) is 26.1 Å². The SMILES string of the molecule is CCN1CCCC1CN(C)CCC(C)(NC)C(N)=O. The van der Waals surface area contributed by atoms with E-state index in [1.165, 1.54) is 19.4 Å². The summed E-state index contributed by atoms with van der Waals surface area (Å²) in [6, 6.07) is 0.671. The first-order valence-corrected chi connectivity index (χ1v) is 7.34. The number of nitrogens with zero attached hydrogens (tertiary/aromatic N) is 2. The quantitative estimate of drug-likeness (QED) is 0.664. The molecule has 0 aromatic heterocycles. The van der Waals surface area contributed by atoms with Gasteiger partial charge in [-0.15, -0.1) is 0 Å². The van der Waals surface area contributed by atoms with Crippen LogP contribution in [0.5, 0.6) is 0 Å². The van der Waals surface area contributed by atoms with Gasteiger partial charge in [0.2, 0.25) is 5.91 Å². The third-order valence-electron chi connectivity index (χ3n) is 4.52. The summed E-state index contributed by atoms with van der Waals surface area (Å²) in [6.45, 7) is 8.42. The predicted octanol–water partition coefficient (Wildman–Crippen LogP) is 0.256. The van der Waals surface area contributed by atoms with Crippen molar-refractivity contribution >= 4 is 5.91 Å². The van der Waals surface area contributed by atoms with Crippen LogP contribution in [-0.2, 0) is 4.79 Å². The van der Waals surface area contributed by atoms with Crippen molar-refractivity contribution in [2.24, 2.45) is 5.73 Å². The fraction of sp³-hybridized carbons (Fsp3) is 0.929. The van der Waals surface area contributed by atoms with E-state index in [1.807, 2.05) is 6.92 Å². The van der Waals surface area contributed by atoms with Crippen molar-refractivity contribution in [2.75, 3.05) is 40.3 Å². The summed E-state index contributed by atoms with van der Waals surface area (Å²) in [6.07, 6.45) is 3.34. The molecule has 0 radical (unpaired) electrons. The lowest BCUT2D eigenvalue weighted by atomic mass is 9.97. The molecule has 3 N–H and O–H groups in total. The van der Waals surface area contributed by atoms with Gasteiger partial charge in [-0.3, -0.25) is 9.69 Å². The third kappa shape index (κ3) is 4.44. The second-order valence-electron chi connectivity index (χ2n) is 5.88. The van der Waals surface area contributed by atoms with Crippen LogP contribution in [0, 0.1) is 0 Å². The van der Waals surface area contributed by atoms with Gasteiger partial charge >= 0.3 is 0 Å². The molecule has 19 heavy (non-hydrogen) atoms. The zero-order chi connectivity index (χ0) is 14.5. The lowest BCUT2D eigenvalue weighted by Gasteiger charge is -2.31. The summed E-state index contributed by atoms with van der Waals surface area (Å²) in [7, 11) is 3.92. The van der Waals surface area contributed by atoms with E-state index in [0.29, 0.717) is 6.04 Å². The summed E-state index contributed by atoms with van der Waals surface area (Å²) in [5.41, 5.74) is 4.84. The molecule has 0 aromatic rings. The molecule has 2 unspecified atom stereocenters. The topological polar surface area (TPSA) is 61.6 Å². The van der Waals surface area contributed by atoms with Gasteiger partial charge in [-0.25, -0.2) is 0 Å². The van der Waals surface area contributed by atoms with Gasteiger partial charge in [-0.2, -0.15) is 0 Å². The number of nitrogens with one attached hydrogen (secondary N) is 1. The normalized spacial score (nSPS) is 23.7. The molecule has 1 aliphatic rings. The third-order valence-corrected chi connectivity index (χ3v) is 4.52. The Kier molecular flexibility index (Phi) is 6.23. The maximum Gasteiger partial charge on any atom is 0.237 e. The van der Waals surface area contributed by atoms with Crippen molar-refractivity contribution in [1.29, 1.82) is 0 Å². The lowest BCUT2D eigenvalue weighted by molar-refractivity contribution is -0.124. The van der Waals surface area contributed by atoms with E-state index < -0.39 is 5.54 Å². The minimum absolute atomic E-state index is 0.278. The number of nitrogens with two attached hydrogens (primary N) is 1. The predicted molar refractivity (Wildman–Crippen MR) is 79.0 cm³/mol. The van der Waals surface area contributed by atoms with E-state index >= 15 is 0 Å². The maximum absolute atomic E-state index is 11.4. The summed E-state index contributed by atoms with van der Waals surface area (Å²) in [5, 5.41) is 3.04. The van der Waals surface area contributed by atoms with Crippen LogP contribution in [0.15, 0.2) is 0 Å². The van der Waals surface area contributed by atoms with Crippen LogP contribution < -0.4 is 11.1 Å². The van der Waals surface area contributed by atoms with E-state index in [1.54, 1.807) is 7.05 Å². The molecule has 1 amide bonds. The second kappa shape index (κ2) is 7.22. The number of hydrogen-bond donors (Lipinski definition) is 2. The number of carbonyl (C=O) groups is 1. The van der Waals surface area contributed by atoms with Gasteiger partial charge in [-0.05, 0) is 53.4 Å². The highest BCUT2D eigenvalue weighted by Gasteiger charge is 2.30. The van der Waals surface area contributed by atoms with Crippen molar-refractivity contribution in [3.8, 4) is 0 Å². The number of amides is 1. The minimum Gasteiger partial charge on any atom is -0.368 e. The smallest absolute Gasteiger partial charge is 0.237 e. The Morgan fingerprint density at radius 1 is 1.58 bits per heavy atom. The molecule has 1 fully saturated rings. The van der Waals surface area contributed by atoms with Gasteiger partial charge in [0, 0.05) is 19.1 Å². The minimum atomic E-state index is -0.603. The van der Waals surface area contributed by atoms with Crippen LogP contribution in [0.1, 0.15) is 33.1 Å². The Balaban J connectivity index is 2.39. The molecule has 0 bridgehead atoms. The molecule has 1 rings (SSSR count). The summed E-state index contributed by atoms with van der Waals surface area (Å²) in [4.78, 5) is 16.3. The zero-order valence-corrected chi connectivity index (χ0v) is 12.9. The van der Waals surface area contributed by atoms with Gasteiger partial charge in [0.05, 0.1) is 5.54 Å². The molecule has 1 saturated heterocycles. The molecular weight excluding hydrogens is 240 g/mol. The van der Waals surface area contributed by atoms with Crippen LogP contribution in [0.4, 0.5) is 0 Å². The van der Waals surface area contributed by atoms with Crippen LogP contribution >= 0.6 is 0 Å². The molecule has 0 spiro atoms. The first-order valence-electron chi connectivity index (χ1n) is 7.34. The largest absolute Gasteiger partial charge is 0.368 e. The van der Waals surface area contributed by atoms with Crippen molar-refractivity contribution in [3.63, 3.8) is 0 Å². The monoisotopic (exact) mass is 270 g/mol. The average Bonchev–Trinajstić information content (AvgIpc) is 2.82. The Labute approximate surface area is 117 Å². The van der Waals surface area contributed by atoms with Crippen molar-refractivity contribution in [2.45, 2.75) is 44.7 Å². The maximum atomic E-state index is 11.4. The first-order chi connectivity index (χ1) is 8.92. The number of carbonyl (C=O) groups excluding carboxylic acids is 1. The number of likely N-dealkylation sites (N-methyl/N-ethyl adjacent to an activating group) is 3. The highest BCUT2D eigenvalue weighted by molar-refractivity contribution is 5.84. The van der Waals surface area contributed by atoms with Crippen LogP contribution in [0.3, 0.4) is 0 Å². The van der Waals surface area contributed by atoms with Gasteiger partial charge in [0.1, 0.15) is 0 Å². The molecule has 1 aliphatic heterocycles. The van der Waals surface area contributed by atoms with Crippen molar-refractivity contribution < 1.29 is 4.79 Å². The highest BCUT2D eigenvalue weighted by atomic mass is 16.1. The molecule has 0 aromatic carbocycles. The average molecular weight is 270 g/mol. The molecule has 0 saturated carbocycles. The van der Waals surface area contributed by atoms with Crippen LogP contribution in [-0.4, -0.2) is 67.6 Å². The van der Waals surface area contributed by atoms with Gasteiger partial charge in [0.25, 0.3) is 0 Å². The number of likely N-dealkylation sites (tertiary alicyclic amines) is 1.